The number of thiazole rings is 1. The molecule has 3 rings (SSSR count). The highest BCUT2D eigenvalue weighted by molar-refractivity contribution is 7.93. The van der Waals surface area contributed by atoms with Gasteiger partial charge in [0.25, 0.3) is 10.0 Å². The first-order valence-corrected chi connectivity index (χ1v) is 12.4. The second-order valence-electron chi connectivity index (χ2n) is 8.51. The molecule has 180 valence electrons. The summed E-state index contributed by atoms with van der Waals surface area (Å²) in [6, 6.07) is 2.21. The van der Waals surface area contributed by atoms with Gasteiger partial charge in [-0.05, 0) is 46.2 Å². The second kappa shape index (κ2) is 9.14. The number of carbonyl (C=O) groups is 2. The van der Waals surface area contributed by atoms with E-state index in [2.05, 4.69) is 10.3 Å². The molecule has 1 atom stereocenters. The van der Waals surface area contributed by atoms with Crippen LogP contribution in [-0.4, -0.2) is 60.3 Å². The Labute approximate surface area is 195 Å². The van der Waals surface area contributed by atoms with Gasteiger partial charge in [0, 0.05) is 35.8 Å². The Morgan fingerprint density at radius 1 is 1.36 bits per heavy atom. The van der Waals surface area contributed by atoms with E-state index in [4.69, 9.17) is 9.84 Å². The third-order valence-electron chi connectivity index (χ3n) is 4.87. The summed E-state index contributed by atoms with van der Waals surface area (Å²) in [7, 11) is -4.70. The molecular weight excluding hydrogens is 475 g/mol. The summed E-state index contributed by atoms with van der Waals surface area (Å²) in [5.74, 6) is -1.23. The second-order valence-corrected chi connectivity index (χ2v) is 11.0. The van der Waals surface area contributed by atoms with Gasteiger partial charge in [0.05, 0.1) is 5.51 Å². The van der Waals surface area contributed by atoms with Crippen LogP contribution in [0.5, 0.6) is 0 Å². The van der Waals surface area contributed by atoms with Crippen LogP contribution >= 0.6 is 11.3 Å². The van der Waals surface area contributed by atoms with Crippen molar-refractivity contribution in [2.24, 2.45) is 0 Å². The number of sulfonamides is 1. The Kier molecular flexibility index (Phi) is 6.84. The fourth-order valence-corrected chi connectivity index (χ4v) is 5.29. The SMILES string of the molecule is Cc1c(N[C@H]2CCN(C(=O)O)C2)ccc(S(=O)(=O)N(C(=O)OC(C)(C)C)c2cscn2)c1F. The van der Waals surface area contributed by atoms with Gasteiger partial charge in [0.15, 0.2) is 5.82 Å². The normalized spacial score (nSPS) is 16.5. The Balaban J connectivity index is 1.94. The van der Waals surface area contributed by atoms with Gasteiger partial charge in [-0.2, -0.15) is 0 Å². The maximum atomic E-state index is 15.3. The molecule has 1 aliphatic rings. The van der Waals surface area contributed by atoms with Crippen molar-refractivity contribution in [3.05, 3.63) is 34.4 Å². The Hall–Kier alpha value is -2.93. The van der Waals surface area contributed by atoms with Gasteiger partial charge >= 0.3 is 12.2 Å². The molecule has 1 fully saturated rings. The van der Waals surface area contributed by atoms with E-state index in [1.165, 1.54) is 28.8 Å². The van der Waals surface area contributed by atoms with Gasteiger partial charge in [0.2, 0.25) is 0 Å². The molecule has 0 spiro atoms. The highest BCUT2D eigenvalue weighted by Gasteiger charge is 2.38. The topological polar surface area (TPSA) is 129 Å². The van der Waals surface area contributed by atoms with Crippen molar-refractivity contribution in [1.82, 2.24) is 9.88 Å². The number of nitrogens with zero attached hydrogens (tertiary/aromatic N) is 3. The number of hydrogen-bond donors (Lipinski definition) is 2. The monoisotopic (exact) mass is 500 g/mol. The Morgan fingerprint density at radius 3 is 2.61 bits per heavy atom. The highest BCUT2D eigenvalue weighted by Crippen LogP contribution is 2.31. The zero-order valence-electron chi connectivity index (χ0n) is 18.5. The largest absolute Gasteiger partial charge is 0.465 e. The number of aromatic nitrogens is 1. The maximum Gasteiger partial charge on any atom is 0.430 e. The molecule has 1 aromatic carbocycles. The van der Waals surface area contributed by atoms with Crippen molar-refractivity contribution >= 4 is 45.1 Å². The van der Waals surface area contributed by atoms with E-state index in [-0.39, 0.29) is 24.0 Å². The van der Waals surface area contributed by atoms with Crippen LogP contribution in [-0.2, 0) is 14.8 Å². The van der Waals surface area contributed by atoms with E-state index < -0.39 is 38.5 Å². The summed E-state index contributed by atoms with van der Waals surface area (Å²) in [5.41, 5.74) is 0.709. The molecule has 2 heterocycles. The van der Waals surface area contributed by atoms with Crippen LogP contribution in [0.15, 0.2) is 27.9 Å². The molecule has 0 aliphatic carbocycles. The number of ether oxygens (including phenoxy) is 1. The van der Waals surface area contributed by atoms with Gasteiger partial charge in [0.1, 0.15) is 16.3 Å². The number of anilines is 2. The number of carboxylic acid groups (broad SMARTS) is 1. The lowest BCUT2D eigenvalue weighted by atomic mass is 10.1. The summed E-state index contributed by atoms with van der Waals surface area (Å²) in [6.45, 7) is 6.72. The molecular formula is C20H25FN4O6S2. The number of hydrogen-bond acceptors (Lipinski definition) is 8. The van der Waals surface area contributed by atoms with Crippen LogP contribution in [0.1, 0.15) is 32.8 Å². The summed E-state index contributed by atoms with van der Waals surface area (Å²) >= 11 is 1.07. The summed E-state index contributed by atoms with van der Waals surface area (Å²) < 4.78 is 47.6. The molecule has 33 heavy (non-hydrogen) atoms. The molecule has 13 heteroatoms. The van der Waals surface area contributed by atoms with Crippen LogP contribution in [0, 0.1) is 12.7 Å². The first-order valence-electron chi connectivity index (χ1n) is 10.0. The number of halogens is 1. The van der Waals surface area contributed by atoms with Crippen LogP contribution in [0.25, 0.3) is 0 Å². The lowest BCUT2D eigenvalue weighted by molar-refractivity contribution is 0.0608. The van der Waals surface area contributed by atoms with Crippen molar-refractivity contribution in [2.75, 3.05) is 22.7 Å². The van der Waals surface area contributed by atoms with E-state index in [1.54, 1.807) is 20.8 Å². The Bertz CT molecular complexity index is 1150. The predicted molar refractivity (Wildman–Crippen MR) is 121 cm³/mol. The third kappa shape index (κ3) is 5.36. The lowest BCUT2D eigenvalue weighted by Gasteiger charge is -2.26. The smallest absolute Gasteiger partial charge is 0.430 e. The number of rotatable bonds is 5. The molecule has 1 aromatic heterocycles. The maximum absolute atomic E-state index is 15.3. The minimum absolute atomic E-state index is 0.0206. The summed E-state index contributed by atoms with van der Waals surface area (Å²) in [5, 5.41) is 13.5. The molecule has 2 amide bonds. The summed E-state index contributed by atoms with van der Waals surface area (Å²) in [4.78, 5) is 28.3. The molecule has 1 saturated heterocycles. The van der Waals surface area contributed by atoms with Crippen molar-refractivity contribution in [3.63, 3.8) is 0 Å². The van der Waals surface area contributed by atoms with Crippen molar-refractivity contribution < 1.29 is 32.2 Å². The molecule has 0 radical (unpaired) electrons. The van der Waals surface area contributed by atoms with Gasteiger partial charge in [-0.15, -0.1) is 15.6 Å². The zero-order valence-corrected chi connectivity index (χ0v) is 20.2. The number of likely N-dealkylation sites (tertiary alicyclic amines) is 1. The van der Waals surface area contributed by atoms with E-state index >= 15 is 4.39 Å². The molecule has 0 saturated carbocycles. The first kappa shape index (κ1) is 24.7. The quantitative estimate of drug-likeness (QED) is 0.633. The number of amides is 2. The number of benzene rings is 1. The molecule has 2 aromatic rings. The predicted octanol–water partition coefficient (Wildman–Crippen LogP) is 3.89. The van der Waals surface area contributed by atoms with Gasteiger partial charge in [-0.1, -0.05) is 0 Å². The molecule has 0 unspecified atom stereocenters. The van der Waals surface area contributed by atoms with Gasteiger partial charge in [-0.25, -0.2) is 27.4 Å². The summed E-state index contributed by atoms with van der Waals surface area (Å²) in [6.07, 6.45) is -1.70. The molecule has 10 nitrogen and oxygen atoms in total. The van der Waals surface area contributed by atoms with Crippen molar-refractivity contribution in [2.45, 2.75) is 50.7 Å². The van der Waals surface area contributed by atoms with E-state index in [0.717, 1.165) is 17.4 Å². The minimum atomic E-state index is -4.70. The fourth-order valence-electron chi connectivity index (χ4n) is 3.31. The Morgan fingerprint density at radius 2 is 2.06 bits per heavy atom. The van der Waals surface area contributed by atoms with Crippen LogP contribution in [0.2, 0.25) is 0 Å². The molecule has 1 aliphatic heterocycles. The van der Waals surface area contributed by atoms with Crippen molar-refractivity contribution in [3.8, 4) is 0 Å². The number of carbonyl (C=O) groups excluding carboxylic acids is 1. The van der Waals surface area contributed by atoms with Gasteiger partial charge < -0.3 is 20.1 Å². The lowest BCUT2D eigenvalue weighted by Crippen LogP contribution is -2.41. The average molecular weight is 501 g/mol. The zero-order chi connectivity index (χ0) is 24.6. The van der Waals surface area contributed by atoms with Crippen LogP contribution in [0.4, 0.5) is 25.5 Å². The highest BCUT2D eigenvalue weighted by atomic mass is 32.2. The molecule has 0 bridgehead atoms. The van der Waals surface area contributed by atoms with Crippen LogP contribution < -0.4 is 9.62 Å². The average Bonchev–Trinajstić information content (AvgIpc) is 3.36. The number of nitrogens with one attached hydrogen (secondary N) is 1. The van der Waals surface area contributed by atoms with Crippen LogP contribution in [0.3, 0.4) is 0 Å². The first-order chi connectivity index (χ1) is 15.3. The third-order valence-corrected chi connectivity index (χ3v) is 7.14. The van der Waals surface area contributed by atoms with Gasteiger partial charge in [-0.3, -0.25) is 0 Å². The molecule has 2 N–H and O–H groups in total. The minimum Gasteiger partial charge on any atom is -0.465 e. The van der Waals surface area contributed by atoms with E-state index in [0.29, 0.717) is 23.0 Å². The fraction of sp³-hybridized carbons (Fsp3) is 0.450. The standard InChI is InChI=1S/C20H25FN4O6S2/c1-12-14(23-13-7-8-24(9-13)18(26)27)5-6-15(17(12)21)33(29,30)25(16-10-32-11-22-16)19(28)31-20(2,3)4/h5-6,10-11,13,23H,7-9H2,1-4H3,(H,26,27)/t13-/m0/s1. The van der Waals surface area contributed by atoms with Crippen molar-refractivity contribution in [1.29, 1.82) is 0 Å². The van der Waals surface area contributed by atoms with E-state index in [9.17, 15) is 18.0 Å². The van der Waals surface area contributed by atoms with E-state index in [1.807, 2.05) is 0 Å².